The minimum absolute atomic E-state index is 0.0431. The van der Waals surface area contributed by atoms with Gasteiger partial charge in [0.15, 0.2) is 0 Å². The first kappa shape index (κ1) is 14.2. The first-order chi connectivity index (χ1) is 9.45. The molecule has 7 heteroatoms. The molecule has 0 aliphatic carbocycles. The zero-order chi connectivity index (χ0) is 14.4. The molecule has 1 atom stereocenters. The lowest BCUT2D eigenvalue weighted by molar-refractivity contribution is -0.115. The van der Waals surface area contributed by atoms with Crippen molar-refractivity contribution in [3.63, 3.8) is 0 Å². The molecule has 0 radical (unpaired) electrons. The van der Waals surface area contributed by atoms with Gasteiger partial charge in [0.1, 0.15) is 0 Å². The van der Waals surface area contributed by atoms with Gasteiger partial charge in [-0.25, -0.2) is 0 Å². The lowest BCUT2D eigenvalue weighted by atomic mass is 9.99. The quantitative estimate of drug-likeness (QED) is 0.853. The Morgan fingerprint density at radius 3 is 2.60 bits per heavy atom. The molecule has 2 heterocycles. The number of carbonyl (C=O) groups is 1. The second kappa shape index (κ2) is 5.20. The Balaban J connectivity index is 2.04. The van der Waals surface area contributed by atoms with Gasteiger partial charge >= 0.3 is 0 Å². The van der Waals surface area contributed by atoms with Crippen molar-refractivity contribution < 1.29 is 4.79 Å². The van der Waals surface area contributed by atoms with Gasteiger partial charge in [-0.1, -0.05) is 34.8 Å². The van der Waals surface area contributed by atoms with Crippen LogP contribution in [-0.2, 0) is 11.2 Å². The van der Waals surface area contributed by atoms with Crippen molar-refractivity contribution in [2.75, 3.05) is 5.32 Å². The van der Waals surface area contributed by atoms with Gasteiger partial charge in [-0.15, -0.1) is 11.3 Å². The Morgan fingerprint density at radius 2 is 1.95 bits per heavy atom. The van der Waals surface area contributed by atoms with Crippen LogP contribution in [0, 0.1) is 0 Å². The summed E-state index contributed by atoms with van der Waals surface area (Å²) in [5.74, 6) is -0.0431. The summed E-state index contributed by atoms with van der Waals surface area (Å²) < 4.78 is 1.13. The Bertz CT molecular complexity index is 714. The maximum absolute atomic E-state index is 11.4. The number of fused-ring (bicyclic) bond motifs is 1. The van der Waals surface area contributed by atoms with E-state index < -0.39 is 6.04 Å². The van der Waals surface area contributed by atoms with E-state index in [0.29, 0.717) is 20.1 Å². The van der Waals surface area contributed by atoms with Crippen LogP contribution in [0.5, 0.6) is 0 Å². The van der Waals surface area contributed by atoms with Gasteiger partial charge in [0.2, 0.25) is 5.91 Å². The first-order valence-electron chi connectivity index (χ1n) is 5.78. The molecule has 0 spiro atoms. The van der Waals surface area contributed by atoms with E-state index in [9.17, 15) is 4.79 Å². The van der Waals surface area contributed by atoms with Gasteiger partial charge in [0.25, 0.3) is 0 Å². The zero-order valence-corrected chi connectivity index (χ0v) is 13.1. The summed E-state index contributed by atoms with van der Waals surface area (Å²) >= 11 is 19.6. The van der Waals surface area contributed by atoms with E-state index in [0.717, 1.165) is 22.4 Å². The van der Waals surface area contributed by atoms with Crippen molar-refractivity contribution >= 4 is 57.7 Å². The zero-order valence-electron chi connectivity index (χ0n) is 10.0. The number of nitrogens with two attached hydrogens (primary N) is 1. The number of thiophene rings is 1. The summed E-state index contributed by atoms with van der Waals surface area (Å²) in [6.07, 6.45) is 0.338. The monoisotopic (exact) mass is 346 g/mol. The van der Waals surface area contributed by atoms with E-state index in [4.69, 9.17) is 40.5 Å². The Kier molecular flexibility index (Phi) is 3.69. The molecule has 0 saturated heterocycles. The van der Waals surface area contributed by atoms with Gasteiger partial charge < -0.3 is 11.1 Å². The molecule has 0 bridgehead atoms. The largest absolute Gasteiger partial charge is 0.325 e. The molecule has 2 aromatic rings. The smallest absolute Gasteiger partial charge is 0.228 e. The molecule has 1 aromatic carbocycles. The summed E-state index contributed by atoms with van der Waals surface area (Å²) in [7, 11) is 0. The number of nitrogens with one attached hydrogen (secondary N) is 1. The number of hydrogen-bond donors (Lipinski definition) is 2. The molecular formula is C13H9Cl3N2OS. The molecule has 0 fully saturated rings. The topological polar surface area (TPSA) is 55.1 Å². The molecule has 1 aliphatic heterocycles. The summed E-state index contributed by atoms with van der Waals surface area (Å²) in [6, 6.07) is 4.84. The maximum atomic E-state index is 11.4. The fraction of sp³-hybridized carbons (Fsp3) is 0.154. The highest BCUT2D eigenvalue weighted by atomic mass is 35.5. The molecule has 104 valence electrons. The molecule has 1 aromatic heterocycles. The molecule has 20 heavy (non-hydrogen) atoms. The third-order valence-corrected chi connectivity index (χ3v) is 5.05. The molecule has 3 N–H and O–H groups in total. The number of halogens is 3. The predicted molar refractivity (Wildman–Crippen MR) is 84.2 cm³/mol. The number of benzene rings is 1. The SMILES string of the molecule is NC(c1cc2c(cc1Cl)NC(=O)C2)c1cc(Cl)sc1Cl. The fourth-order valence-corrected chi connectivity index (χ4v) is 4.07. The number of amides is 1. The summed E-state index contributed by atoms with van der Waals surface area (Å²) in [5.41, 5.74) is 9.34. The van der Waals surface area contributed by atoms with Crippen molar-refractivity contribution in [1.82, 2.24) is 0 Å². The van der Waals surface area contributed by atoms with Crippen LogP contribution in [0.2, 0.25) is 13.7 Å². The average Bonchev–Trinajstić information content (AvgIpc) is 2.88. The molecule has 3 nitrogen and oxygen atoms in total. The number of carbonyl (C=O) groups excluding carboxylic acids is 1. The lowest BCUT2D eigenvalue weighted by Crippen LogP contribution is -2.12. The maximum Gasteiger partial charge on any atom is 0.228 e. The van der Waals surface area contributed by atoms with Crippen molar-refractivity contribution in [3.8, 4) is 0 Å². The van der Waals surface area contributed by atoms with Crippen molar-refractivity contribution in [2.24, 2.45) is 5.73 Å². The first-order valence-corrected chi connectivity index (χ1v) is 7.73. The van der Waals surface area contributed by atoms with E-state index in [1.165, 1.54) is 11.3 Å². The van der Waals surface area contributed by atoms with Gasteiger partial charge in [0, 0.05) is 16.3 Å². The van der Waals surface area contributed by atoms with E-state index in [1.54, 1.807) is 12.1 Å². The molecule has 1 unspecified atom stereocenters. The van der Waals surface area contributed by atoms with Crippen LogP contribution in [-0.4, -0.2) is 5.91 Å². The van der Waals surface area contributed by atoms with E-state index in [-0.39, 0.29) is 5.91 Å². The fourth-order valence-electron chi connectivity index (χ4n) is 2.24. The van der Waals surface area contributed by atoms with Crippen LogP contribution in [0.1, 0.15) is 22.7 Å². The second-order valence-corrected chi connectivity index (χ2v) is 7.21. The van der Waals surface area contributed by atoms with Gasteiger partial charge in [-0.2, -0.15) is 0 Å². The van der Waals surface area contributed by atoms with Gasteiger partial charge in [-0.3, -0.25) is 4.79 Å². The molecule has 0 saturated carbocycles. The van der Waals surface area contributed by atoms with Gasteiger partial charge in [0.05, 0.1) is 21.1 Å². The summed E-state index contributed by atoms with van der Waals surface area (Å²) in [5, 5.41) is 3.25. The average molecular weight is 348 g/mol. The van der Waals surface area contributed by atoms with E-state index in [2.05, 4.69) is 5.32 Å². The highest BCUT2D eigenvalue weighted by Gasteiger charge is 2.23. The van der Waals surface area contributed by atoms with Crippen LogP contribution in [0.3, 0.4) is 0 Å². The van der Waals surface area contributed by atoms with Gasteiger partial charge in [-0.05, 0) is 29.3 Å². The summed E-state index contributed by atoms with van der Waals surface area (Å²) in [4.78, 5) is 11.4. The van der Waals surface area contributed by atoms with Crippen LogP contribution in [0.15, 0.2) is 18.2 Å². The molecule has 1 aliphatic rings. The molecule has 1 amide bonds. The molecular weight excluding hydrogens is 339 g/mol. The standard InChI is InChI=1S/C13H9Cl3N2OS/c14-8-4-9-5(2-11(19)18-9)1-6(8)12(17)7-3-10(15)20-13(7)16/h1,3-4,12H,2,17H2,(H,18,19). The minimum atomic E-state index is -0.472. The lowest BCUT2D eigenvalue weighted by Gasteiger charge is -2.15. The van der Waals surface area contributed by atoms with Crippen LogP contribution in [0.4, 0.5) is 5.69 Å². The van der Waals surface area contributed by atoms with Crippen molar-refractivity contribution in [3.05, 3.63) is 48.6 Å². The summed E-state index contributed by atoms with van der Waals surface area (Å²) in [6.45, 7) is 0. The van der Waals surface area contributed by atoms with Crippen molar-refractivity contribution in [1.29, 1.82) is 0 Å². The highest BCUT2D eigenvalue weighted by molar-refractivity contribution is 7.20. The Morgan fingerprint density at radius 1 is 1.20 bits per heavy atom. The van der Waals surface area contributed by atoms with Crippen LogP contribution in [0.25, 0.3) is 0 Å². The number of anilines is 1. The third-order valence-electron chi connectivity index (χ3n) is 3.20. The number of rotatable bonds is 2. The highest BCUT2D eigenvalue weighted by Crippen LogP contribution is 2.40. The van der Waals surface area contributed by atoms with E-state index in [1.807, 2.05) is 6.07 Å². The third kappa shape index (κ3) is 2.43. The van der Waals surface area contributed by atoms with Crippen molar-refractivity contribution in [2.45, 2.75) is 12.5 Å². The minimum Gasteiger partial charge on any atom is -0.325 e. The normalized spacial score (nSPS) is 15.1. The Hall–Kier alpha value is -0.780. The van der Waals surface area contributed by atoms with Crippen LogP contribution < -0.4 is 11.1 Å². The second-order valence-electron chi connectivity index (χ2n) is 4.51. The predicted octanol–water partition coefficient (Wildman–Crippen LogP) is 4.25. The molecule has 3 rings (SSSR count). The Labute approximate surface area is 134 Å². The van der Waals surface area contributed by atoms with Crippen LogP contribution >= 0.6 is 46.1 Å². The van der Waals surface area contributed by atoms with E-state index >= 15 is 0 Å². The number of hydrogen-bond acceptors (Lipinski definition) is 3.